The summed E-state index contributed by atoms with van der Waals surface area (Å²) in [6, 6.07) is 10.2. The van der Waals surface area contributed by atoms with Crippen LogP contribution in [0.3, 0.4) is 0 Å². The topological polar surface area (TPSA) is 101 Å². The first-order valence-corrected chi connectivity index (χ1v) is 9.48. The molecule has 26 heavy (non-hydrogen) atoms. The Balaban J connectivity index is 1.87. The highest BCUT2D eigenvalue weighted by molar-refractivity contribution is 7.89. The van der Waals surface area contributed by atoms with Crippen molar-refractivity contribution < 1.29 is 17.7 Å². The Morgan fingerprint density at radius 3 is 2.50 bits per heavy atom. The van der Waals surface area contributed by atoms with Crippen LogP contribution in [-0.4, -0.2) is 26.9 Å². The summed E-state index contributed by atoms with van der Waals surface area (Å²) in [5.41, 5.74) is 0.0532. The molecule has 0 aromatic heterocycles. The van der Waals surface area contributed by atoms with Gasteiger partial charge in [0.2, 0.25) is 10.0 Å². The van der Waals surface area contributed by atoms with Gasteiger partial charge in [0.15, 0.2) is 0 Å². The van der Waals surface area contributed by atoms with Crippen LogP contribution in [0.25, 0.3) is 0 Å². The van der Waals surface area contributed by atoms with Gasteiger partial charge in [-0.2, -0.15) is 0 Å². The summed E-state index contributed by atoms with van der Waals surface area (Å²) in [6.45, 7) is 0.326. The average molecular weight is 379 g/mol. The van der Waals surface area contributed by atoms with Crippen molar-refractivity contribution >= 4 is 21.4 Å². The van der Waals surface area contributed by atoms with Crippen molar-refractivity contribution in [2.24, 2.45) is 0 Å². The predicted octanol–water partition coefficient (Wildman–Crippen LogP) is 2.79. The Morgan fingerprint density at radius 2 is 1.92 bits per heavy atom. The van der Waals surface area contributed by atoms with Crippen LogP contribution in [0.5, 0.6) is 0 Å². The molecule has 2 aromatic rings. The number of halogens is 1. The number of anilines is 1. The molecule has 0 bridgehead atoms. The van der Waals surface area contributed by atoms with Gasteiger partial charge < -0.3 is 5.32 Å². The first-order valence-electron chi connectivity index (χ1n) is 8.00. The van der Waals surface area contributed by atoms with Crippen LogP contribution >= 0.6 is 0 Å². The molecule has 138 valence electrons. The maximum Gasteiger partial charge on any atom is 0.293 e. The van der Waals surface area contributed by atoms with Crippen molar-refractivity contribution in [1.29, 1.82) is 0 Å². The third-order valence-electron chi connectivity index (χ3n) is 4.66. The van der Waals surface area contributed by atoms with Crippen molar-refractivity contribution in [3.63, 3.8) is 0 Å². The van der Waals surface area contributed by atoms with Crippen LogP contribution in [0, 0.1) is 15.9 Å². The van der Waals surface area contributed by atoms with Gasteiger partial charge in [-0.15, -0.1) is 0 Å². The third-order valence-corrected chi connectivity index (χ3v) is 6.07. The lowest BCUT2D eigenvalue weighted by atomic mass is 9.95. The molecular formula is C17H18FN3O4S. The fourth-order valence-corrected chi connectivity index (χ4v) is 3.69. The molecule has 3 rings (SSSR count). The number of nitrogens with one attached hydrogen (secondary N) is 2. The minimum absolute atomic E-state index is 0.188. The Kier molecular flexibility index (Phi) is 4.68. The lowest BCUT2D eigenvalue weighted by molar-refractivity contribution is -0.384. The lowest BCUT2D eigenvalue weighted by Crippen LogP contribution is -2.22. The molecule has 0 heterocycles. The Morgan fingerprint density at radius 1 is 1.23 bits per heavy atom. The van der Waals surface area contributed by atoms with E-state index in [1.54, 1.807) is 18.2 Å². The molecule has 0 amide bonds. The molecule has 2 N–H and O–H groups in total. The number of benzene rings is 2. The predicted molar refractivity (Wildman–Crippen MR) is 95.1 cm³/mol. The molecular weight excluding hydrogens is 361 g/mol. The van der Waals surface area contributed by atoms with E-state index in [1.807, 2.05) is 0 Å². The fraction of sp³-hybridized carbons (Fsp3) is 0.294. The molecule has 0 aliphatic heterocycles. The summed E-state index contributed by atoms with van der Waals surface area (Å²) < 4.78 is 39.9. The van der Waals surface area contributed by atoms with Crippen LogP contribution in [0.15, 0.2) is 47.4 Å². The Bertz CT molecular complexity index is 958. The molecule has 0 radical (unpaired) electrons. The van der Waals surface area contributed by atoms with Gasteiger partial charge in [0.05, 0.1) is 9.82 Å². The molecule has 0 saturated heterocycles. The minimum Gasteiger partial charge on any atom is -0.379 e. The van der Waals surface area contributed by atoms with E-state index in [2.05, 4.69) is 10.0 Å². The normalized spacial score (nSPS) is 15.5. The maximum absolute atomic E-state index is 14.1. The highest BCUT2D eigenvalue weighted by atomic mass is 32.2. The SMILES string of the molecule is CNS(=O)(=O)c1ccc(NCC2(c3ccccc3F)CC2)c([N+](=O)[O-])c1. The second-order valence-electron chi connectivity index (χ2n) is 6.26. The summed E-state index contributed by atoms with van der Waals surface area (Å²) in [7, 11) is -2.55. The molecule has 9 heteroatoms. The zero-order valence-electron chi connectivity index (χ0n) is 14.0. The van der Waals surface area contributed by atoms with E-state index in [9.17, 15) is 22.9 Å². The van der Waals surface area contributed by atoms with Gasteiger partial charge in [-0.25, -0.2) is 17.5 Å². The molecule has 0 atom stereocenters. The van der Waals surface area contributed by atoms with E-state index in [0.717, 1.165) is 18.9 Å². The van der Waals surface area contributed by atoms with Gasteiger partial charge in [-0.05, 0) is 43.7 Å². The van der Waals surface area contributed by atoms with Crippen LogP contribution in [-0.2, 0) is 15.4 Å². The van der Waals surface area contributed by atoms with Crippen molar-refractivity contribution in [3.8, 4) is 0 Å². The first-order chi connectivity index (χ1) is 12.3. The molecule has 1 aliphatic carbocycles. The molecule has 2 aromatic carbocycles. The highest BCUT2D eigenvalue weighted by Crippen LogP contribution is 2.49. The van der Waals surface area contributed by atoms with Crippen LogP contribution < -0.4 is 10.0 Å². The summed E-state index contributed by atoms with van der Waals surface area (Å²) in [4.78, 5) is 10.5. The van der Waals surface area contributed by atoms with Crippen LogP contribution in [0.2, 0.25) is 0 Å². The quantitative estimate of drug-likeness (QED) is 0.569. The fourth-order valence-electron chi connectivity index (χ4n) is 2.94. The highest BCUT2D eigenvalue weighted by Gasteiger charge is 2.45. The van der Waals surface area contributed by atoms with E-state index in [1.165, 1.54) is 25.2 Å². The monoisotopic (exact) mass is 379 g/mol. The van der Waals surface area contributed by atoms with Crippen LogP contribution in [0.1, 0.15) is 18.4 Å². The summed E-state index contributed by atoms with van der Waals surface area (Å²) in [5.74, 6) is -0.295. The van der Waals surface area contributed by atoms with E-state index >= 15 is 0 Å². The molecule has 0 unspecified atom stereocenters. The molecule has 1 fully saturated rings. The molecule has 7 nitrogen and oxygen atoms in total. The Hall–Kier alpha value is -2.52. The van der Waals surface area contributed by atoms with E-state index in [-0.39, 0.29) is 22.1 Å². The van der Waals surface area contributed by atoms with Gasteiger partial charge in [0, 0.05) is 18.0 Å². The molecule has 1 aliphatic rings. The molecule has 1 saturated carbocycles. The Labute approximate surface area is 150 Å². The zero-order chi connectivity index (χ0) is 18.9. The lowest BCUT2D eigenvalue weighted by Gasteiger charge is -2.18. The number of hydrogen-bond acceptors (Lipinski definition) is 5. The van der Waals surface area contributed by atoms with Crippen molar-refractivity contribution in [1.82, 2.24) is 4.72 Å². The molecule has 0 spiro atoms. The van der Waals surface area contributed by atoms with Gasteiger partial charge in [-0.1, -0.05) is 18.2 Å². The number of nitro groups is 1. The van der Waals surface area contributed by atoms with Gasteiger partial charge in [0.25, 0.3) is 5.69 Å². The number of nitrogens with zero attached hydrogens (tertiary/aromatic N) is 1. The number of hydrogen-bond donors (Lipinski definition) is 2. The number of sulfonamides is 1. The van der Waals surface area contributed by atoms with Crippen molar-refractivity contribution in [3.05, 3.63) is 64.0 Å². The summed E-state index contributed by atoms with van der Waals surface area (Å²) in [5, 5.41) is 14.3. The average Bonchev–Trinajstić information content (AvgIpc) is 3.41. The van der Waals surface area contributed by atoms with Gasteiger partial charge in [0.1, 0.15) is 11.5 Å². The van der Waals surface area contributed by atoms with E-state index < -0.39 is 20.4 Å². The summed E-state index contributed by atoms with van der Waals surface area (Å²) >= 11 is 0. The zero-order valence-corrected chi connectivity index (χ0v) is 14.8. The largest absolute Gasteiger partial charge is 0.379 e. The second kappa shape index (κ2) is 6.65. The van der Waals surface area contributed by atoms with Crippen molar-refractivity contribution in [2.45, 2.75) is 23.2 Å². The van der Waals surface area contributed by atoms with E-state index in [4.69, 9.17) is 0 Å². The number of rotatable bonds is 7. The third kappa shape index (κ3) is 3.40. The van der Waals surface area contributed by atoms with Crippen molar-refractivity contribution in [2.75, 3.05) is 18.9 Å². The number of nitro benzene ring substituents is 1. The smallest absolute Gasteiger partial charge is 0.293 e. The van der Waals surface area contributed by atoms with Crippen LogP contribution in [0.4, 0.5) is 15.8 Å². The standard InChI is InChI=1S/C17H18FN3O4S/c1-19-26(24,25)12-6-7-15(16(10-12)21(22)23)20-11-17(8-9-17)13-4-2-3-5-14(13)18/h2-7,10,19-20H,8-9,11H2,1H3. The first kappa shape index (κ1) is 18.3. The van der Waals surface area contributed by atoms with Gasteiger partial charge in [-0.3, -0.25) is 10.1 Å². The summed E-state index contributed by atoms with van der Waals surface area (Å²) in [6.07, 6.45) is 1.56. The minimum atomic E-state index is -3.78. The van der Waals surface area contributed by atoms with Gasteiger partial charge >= 0.3 is 0 Å². The maximum atomic E-state index is 14.1. The second-order valence-corrected chi connectivity index (χ2v) is 8.14. The van der Waals surface area contributed by atoms with E-state index in [0.29, 0.717) is 12.1 Å².